The molecule has 1 atom stereocenters. The molecule has 4 rings (SSSR count). The number of hydrogen-bond acceptors (Lipinski definition) is 3. The molecule has 128 valence electrons. The average molecular weight is 357 g/mol. The predicted molar refractivity (Wildman–Crippen MR) is 95.6 cm³/mol. The number of nitrogens with zero attached hydrogens (tertiary/aromatic N) is 2. The molecule has 0 bridgehead atoms. The molecular formula is C19H17ClN2O3. The minimum atomic E-state index is -0.939. The number of aromatic nitrogens is 2. The lowest BCUT2D eigenvalue weighted by atomic mass is 9.93. The fraction of sp³-hybridized carbons (Fsp3) is 0.263. The molecule has 1 aliphatic heterocycles. The Balaban J connectivity index is 1.87. The molecule has 2 aromatic carbocycles. The van der Waals surface area contributed by atoms with Gasteiger partial charge in [-0.15, -0.1) is 0 Å². The van der Waals surface area contributed by atoms with Crippen LogP contribution < -0.4 is 4.74 Å². The third-order valence-electron chi connectivity index (χ3n) is 4.85. The molecule has 0 saturated heterocycles. The molecule has 6 heteroatoms. The van der Waals surface area contributed by atoms with Gasteiger partial charge < -0.3 is 14.4 Å². The van der Waals surface area contributed by atoms with E-state index in [9.17, 15) is 9.90 Å². The van der Waals surface area contributed by atoms with Crippen LogP contribution in [0, 0.1) is 6.92 Å². The first-order valence-electron chi connectivity index (χ1n) is 8.10. The second-order valence-electron chi connectivity index (χ2n) is 6.32. The molecule has 2 heterocycles. The quantitative estimate of drug-likeness (QED) is 0.743. The predicted octanol–water partition coefficient (Wildman–Crippen LogP) is 4.30. The van der Waals surface area contributed by atoms with Gasteiger partial charge >= 0.3 is 5.97 Å². The van der Waals surface area contributed by atoms with Crippen molar-refractivity contribution >= 4 is 28.6 Å². The maximum Gasteiger partial charge on any atom is 0.336 e. The first-order chi connectivity index (χ1) is 12.0. The van der Waals surface area contributed by atoms with Crippen molar-refractivity contribution in [1.82, 2.24) is 9.55 Å². The third-order valence-corrected chi connectivity index (χ3v) is 5.10. The summed E-state index contributed by atoms with van der Waals surface area (Å²) in [6.07, 6.45) is 1.21. The van der Waals surface area contributed by atoms with Crippen LogP contribution >= 0.6 is 11.6 Å². The Bertz CT molecular complexity index is 992. The Morgan fingerprint density at radius 3 is 2.76 bits per heavy atom. The molecule has 0 spiro atoms. The fourth-order valence-corrected chi connectivity index (χ4v) is 3.53. The van der Waals surface area contributed by atoms with Crippen LogP contribution in [0.1, 0.15) is 39.8 Å². The van der Waals surface area contributed by atoms with Crippen molar-refractivity contribution in [2.45, 2.75) is 25.9 Å². The number of carboxylic acid groups (broad SMARTS) is 1. The molecule has 0 saturated carbocycles. The molecule has 3 aromatic rings. The van der Waals surface area contributed by atoms with Crippen LogP contribution in [-0.2, 0) is 13.5 Å². The van der Waals surface area contributed by atoms with Crippen molar-refractivity contribution in [1.29, 1.82) is 0 Å². The molecule has 5 nitrogen and oxygen atoms in total. The van der Waals surface area contributed by atoms with Gasteiger partial charge in [-0.1, -0.05) is 23.7 Å². The van der Waals surface area contributed by atoms with E-state index in [1.54, 1.807) is 6.07 Å². The summed E-state index contributed by atoms with van der Waals surface area (Å²) >= 11 is 5.97. The van der Waals surface area contributed by atoms with Crippen LogP contribution in [0.4, 0.5) is 0 Å². The number of aryl methyl sites for hydroxylation is 2. The molecular weight excluding hydrogens is 340 g/mol. The summed E-state index contributed by atoms with van der Waals surface area (Å²) in [4.78, 5) is 16.3. The van der Waals surface area contributed by atoms with Crippen molar-refractivity contribution in [3.8, 4) is 5.75 Å². The minimum Gasteiger partial charge on any atom is -0.483 e. The van der Waals surface area contributed by atoms with E-state index in [0.29, 0.717) is 29.2 Å². The van der Waals surface area contributed by atoms with E-state index in [4.69, 9.17) is 16.3 Å². The lowest BCUT2D eigenvalue weighted by Gasteiger charge is -2.27. The van der Waals surface area contributed by atoms with Gasteiger partial charge in [-0.3, -0.25) is 0 Å². The normalized spacial score (nSPS) is 16.5. The molecule has 0 fully saturated rings. The van der Waals surface area contributed by atoms with Crippen molar-refractivity contribution in [2.75, 3.05) is 0 Å². The largest absolute Gasteiger partial charge is 0.483 e. The number of benzene rings is 2. The number of imidazole rings is 1. The zero-order chi connectivity index (χ0) is 17.7. The Kier molecular flexibility index (Phi) is 3.69. The van der Waals surface area contributed by atoms with Gasteiger partial charge in [0.15, 0.2) is 5.75 Å². The lowest BCUT2D eigenvalue weighted by Crippen LogP contribution is -2.18. The van der Waals surface area contributed by atoms with Gasteiger partial charge in [0.1, 0.15) is 17.4 Å². The summed E-state index contributed by atoms with van der Waals surface area (Å²) in [6.45, 7) is 1.90. The zero-order valence-electron chi connectivity index (χ0n) is 13.9. The second-order valence-corrected chi connectivity index (χ2v) is 6.76. The highest BCUT2D eigenvalue weighted by molar-refractivity contribution is 6.30. The van der Waals surface area contributed by atoms with Gasteiger partial charge in [-0.2, -0.15) is 0 Å². The van der Waals surface area contributed by atoms with E-state index in [-0.39, 0.29) is 6.10 Å². The molecule has 1 N–H and O–H groups in total. The van der Waals surface area contributed by atoms with Gasteiger partial charge in [0.2, 0.25) is 0 Å². The van der Waals surface area contributed by atoms with Crippen LogP contribution in [-0.4, -0.2) is 20.6 Å². The van der Waals surface area contributed by atoms with Crippen molar-refractivity contribution in [2.24, 2.45) is 7.05 Å². The fourth-order valence-electron chi connectivity index (χ4n) is 3.40. The van der Waals surface area contributed by atoms with Crippen LogP contribution in [0.2, 0.25) is 5.02 Å². The molecule has 0 radical (unpaired) electrons. The number of carboxylic acids is 1. The van der Waals surface area contributed by atoms with Crippen molar-refractivity contribution in [3.05, 3.63) is 57.9 Å². The minimum absolute atomic E-state index is 0.140. The van der Waals surface area contributed by atoms with E-state index < -0.39 is 5.97 Å². The SMILES string of the molecule is Cc1nc2c3c(c(C(=O)O)cc2n1C)CC[C@@H](c1ccc(Cl)cc1)O3. The first-order valence-corrected chi connectivity index (χ1v) is 8.48. The number of ether oxygens (including phenoxy) is 1. The van der Waals surface area contributed by atoms with Crippen LogP contribution in [0.3, 0.4) is 0 Å². The molecule has 1 aromatic heterocycles. The molecule has 0 amide bonds. The van der Waals surface area contributed by atoms with Gasteiger partial charge in [0, 0.05) is 17.6 Å². The topological polar surface area (TPSA) is 64.3 Å². The van der Waals surface area contributed by atoms with Gasteiger partial charge in [0.05, 0.1) is 11.1 Å². The smallest absolute Gasteiger partial charge is 0.336 e. The standard InChI is InChI=1S/C19H17ClN2O3/c1-10-21-17-15(22(10)2)9-14(19(23)24)13-7-8-16(25-18(13)17)11-3-5-12(20)6-4-11/h3-6,9,16H,7-8H2,1-2H3,(H,23,24)/t16-/m0/s1. The second kappa shape index (κ2) is 5.77. The number of carbonyl (C=O) groups is 1. The first kappa shape index (κ1) is 16.0. The number of hydrogen-bond donors (Lipinski definition) is 1. The van der Waals surface area contributed by atoms with Gasteiger partial charge in [0.25, 0.3) is 0 Å². The Labute approximate surface area is 149 Å². The molecule has 0 unspecified atom stereocenters. The van der Waals surface area contributed by atoms with Gasteiger partial charge in [-0.25, -0.2) is 9.78 Å². The summed E-state index contributed by atoms with van der Waals surface area (Å²) in [6, 6.07) is 9.26. The maximum absolute atomic E-state index is 11.7. The van der Waals surface area contributed by atoms with E-state index in [0.717, 1.165) is 28.0 Å². The summed E-state index contributed by atoms with van der Waals surface area (Å²) in [7, 11) is 1.88. The van der Waals surface area contributed by atoms with E-state index in [1.165, 1.54) is 0 Å². The molecule has 1 aliphatic rings. The number of fused-ring (bicyclic) bond motifs is 3. The average Bonchev–Trinajstić information content (AvgIpc) is 2.89. The summed E-state index contributed by atoms with van der Waals surface area (Å²) in [5.41, 5.74) is 3.53. The number of aromatic carboxylic acids is 1. The maximum atomic E-state index is 11.7. The Morgan fingerprint density at radius 2 is 2.08 bits per heavy atom. The van der Waals surface area contributed by atoms with E-state index in [1.807, 2.05) is 42.8 Å². The highest BCUT2D eigenvalue weighted by Gasteiger charge is 2.29. The summed E-state index contributed by atoms with van der Waals surface area (Å²) in [5.74, 6) is 0.465. The van der Waals surface area contributed by atoms with Gasteiger partial charge in [-0.05, 0) is 43.5 Å². The van der Waals surface area contributed by atoms with E-state index in [2.05, 4.69) is 4.98 Å². The monoisotopic (exact) mass is 356 g/mol. The highest BCUT2D eigenvalue weighted by atomic mass is 35.5. The van der Waals surface area contributed by atoms with Crippen LogP contribution in [0.15, 0.2) is 30.3 Å². The number of halogens is 1. The molecule has 25 heavy (non-hydrogen) atoms. The molecule has 0 aliphatic carbocycles. The number of rotatable bonds is 2. The lowest BCUT2D eigenvalue weighted by molar-refractivity contribution is 0.0693. The Hall–Kier alpha value is -2.53. The van der Waals surface area contributed by atoms with Crippen LogP contribution in [0.5, 0.6) is 5.75 Å². The summed E-state index contributed by atoms with van der Waals surface area (Å²) < 4.78 is 8.13. The highest BCUT2D eigenvalue weighted by Crippen LogP contribution is 2.41. The third kappa shape index (κ3) is 2.55. The zero-order valence-corrected chi connectivity index (χ0v) is 14.7. The Morgan fingerprint density at radius 1 is 1.36 bits per heavy atom. The van der Waals surface area contributed by atoms with Crippen LogP contribution in [0.25, 0.3) is 11.0 Å². The van der Waals surface area contributed by atoms with Crippen molar-refractivity contribution in [3.63, 3.8) is 0 Å². The van der Waals surface area contributed by atoms with Crippen molar-refractivity contribution < 1.29 is 14.6 Å². The van der Waals surface area contributed by atoms with E-state index >= 15 is 0 Å². The summed E-state index contributed by atoms with van der Waals surface area (Å²) in [5, 5.41) is 10.3.